The summed E-state index contributed by atoms with van der Waals surface area (Å²) >= 11 is 0. The highest BCUT2D eigenvalue weighted by molar-refractivity contribution is 7.89. The molecule has 1 saturated heterocycles. The molecule has 4 rings (SSSR count). The normalized spacial score (nSPS) is 20.0. The molecule has 28 heavy (non-hydrogen) atoms. The number of sulfonamides is 1. The van der Waals surface area contributed by atoms with Crippen LogP contribution in [0.4, 0.5) is 0 Å². The van der Waals surface area contributed by atoms with Crippen molar-refractivity contribution in [2.75, 3.05) is 33.4 Å². The third kappa shape index (κ3) is 3.45. The maximum absolute atomic E-state index is 13.0. The molecular formula is C21H24N2O4S. The quantitative estimate of drug-likeness (QED) is 0.791. The molecule has 0 radical (unpaired) electrons. The van der Waals surface area contributed by atoms with Crippen LogP contribution in [-0.4, -0.2) is 56.9 Å². The first kappa shape index (κ1) is 19.1. The first-order valence-electron chi connectivity index (χ1n) is 9.51. The van der Waals surface area contributed by atoms with Crippen molar-refractivity contribution in [2.24, 2.45) is 0 Å². The Balaban J connectivity index is 1.51. The highest BCUT2D eigenvalue weighted by atomic mass is 32.2. The minimum atomic E-state index is -3.55. The van der Waals surface area contributed by atoms with Crippen LogP contribution in [0, 0.1) is 0 Å². The van der Waals surface area contributed by atoms with E-state index >= 15 is 0 Å². The van der Waals surface area contributed by atoms with E-state index in [9.17, 15) is 13.2 Å². The smallest absolute Gasteiger partial charge is 0.254 e. The second-order valence-corrected chi connectivity index (χ2v) is 9.15. The van der Waals surface area contributed by atoms with Gasteiger partial charge < -0.3 is 9.64 Å². The van der Waals surface area contributed by atoms with Gasteiger partial charge in [0.15, 0.2) is 0 Å². The Morgan fingerprint density at radius 2 is 1.75 bits per heavy atom. The zero-order valence-electron chi connectivity index (χ0n) is 15.9. The second kappa shape index (κ2) is 7.66. The fourth-order valence-electron chi connectivity index (χ4n) is 3.99. The Labute approximate surface area is 165 Å². The molecule has 2 aromatic rings. The summed E-state index contributed by atoms with van der Waals surface area (Å²) in [5.74, 6) is -0.1000. The number of carbonyl (C=O) groups excluding carboxylic acids is 1. The molecular weight excluding hydrogens is 376 g/mol. The van der Waals surface area contributed by atoms with Crippen LogP contribution in [0.2, 0.25) is 0 Å². The van der Waals surface area contributed by atoms with Gasteiger partial charge in [0, 0.05) is 25.7 Å². The molecule has 1 atom stereocenters. The average molecular weight is 401 g/mol. The third-order valence-electron chi connectivity index (χ3n) is 5.60. The van der Waals surface area contributed by atoms with Crippen LogP contribution in [0.5, 0.6) is 0 Å². The Morgan fingerprint density at radius 1 is 1.07 bits per heavy atom. The van der Waals surface area contributed by atoms with E-state index in [1.807, 2.05) is 19.2 Å². The van der Waals surface area contributed by atoms with Crippen molar-refractivity contribution in [3.8, 4) is 0 Å². The van der Waals surface area contributed by atoms with Crippen molar-refractivity contribution in [2.45, 2.75) is 23.8 Å². The first-order valence-corrected chi connectivity index (χ1v) is 11.0. The van der Waals surface area contributed by atoms with E-state index in [-0.39, 0.29) is 16.8 Å². The van der Waals surface area contributed by atoms with Gasteiger partial charge in [0.1, 0.15) is 0 Å². The molecule has 6 nitrogen and oxygen atoms in total. The number of carbonyl (C=O) groups is 1. The van der Waals surface area contributed by atoms with E-state index in [0.29, 0.717) is 31.9 Å². The van der Waals surface area contributed by atoms with Crippen LogP contribution in [0.3, 0.4) is 0 Å². The zero-order valence-corrected chi connectivity index (χ0v) is 16.7. The van der Waals surface area contributed by atoms with Gasteiger partial charge in [-0.05, 0) is 48.2 Å². The summed E-state index contributed by atoms with van der Waals surface area (Å²) in [6.45, 7) is 1.52. The minimum absolute atomic E-state index is 0.0560. The summed E-state index contributed by atoms with van der Waals surface area (Å²) < 4.78 is 32.1. The van der Waals surface area contributed by atoms with Crippen molar-refractivity contribution < 1.29 is 17.9 Å². The summed E-state index contributed by atoms with van der Waals surface area (Å²) in [5.41, 5.74) is 2.98. The summed E-state index contributed by atoms with van der Waals surface area (Å²) in [6.07, 6.45) is 1.88. The number of hydrogen-bond donors (Lipinski definition) is 0. The number of benzene rings is 2. The molecule has 1 aliphatic carbocycles. The lowest BCUT2D eigenvalue weighted by molar-refractivity contribution is 0.0729. The van der Waals surface area contributed by atoms with Crippen molar-refractivity contribution >= 4 is 15.9 Å². The largest absolute Gasteiger partial charge is 0.379 e. The number of rotatable bonds is 4. The van der Waals surface area contributed by atoms with Gasteiger partial charge in [-0.1, -0.05) is 24.3 Å². The molecule has 1 fully saturated rings. The fraction of sp³-hybridized carbons (Fsp3) is 0.381. The van der Waals surface area contributed by atoms with Crippen LogP contribution in [0.15, 0.2) is 53.4 Å². The molecule has 7 heteroatoms. The lowest BCUT2D eigenvalue weighted by Crippen LogP contribution is -2.40. The van der Waals surface area contributed by atoms with Crippen molar-refractivity contribution in [1.82, 2.24) is 9.21 Å². The predicted octanol–water partition coefficient (Wildman–Crippen LogP) is 2.47. The van der Waals surface area contributed by atoms with E-state index in [4.69, 9.17) is 4.74 Å². The number of nitrogens with zero attached hydrogens (tertiary/aromatic N) is 2. The van der Waals surface area contributed by atoms with Crippen LogP contribution in [0.1, 0.15) is 33.9 Å². The third-order valence-corrected chi connectivity index (χ3v) is 7.51. The monoisotopic (exact) mass is 400 g/mol. The highest BCUT2D eigenvalue weighted by Crippen LogP contribution is 2.35. The number of hydrogen-bond acceptors (Lipinski definition) is 4. The molecule has 148 valence electrons. The second-order valence-electron chi connectivity index (χ2n) is 7.21. The zero-order chi connectivity index (χ0) is 19.7. The van der Waals surface area contributed by atoms with Gasteiger partial charge in [-0.2, -0.15) is 4.31 Å². The number of ether oxygens (including phenoxy) is 1. The summed E-state index contributed by atoms with van der Waals surface area (Å²) in [7, 11) is -1.74. The van der Waals surface area contributed by atoms with Gasteiger partial charge in [-0.3, -0.25) is 4.79 Å². The predicted molar refractivity (Wildman–Crippen MR) is 106 cm³/mol. The average Bonchev–Trinajstić information content (AvgIpc) is 3.17. The van der Waals surface area contributed by atoms with Crippen LogP contribution >= 0.6 is 0 Å². The summed E-state index contributed by atoms with van der Waals surface area (Å²) in [5, 5.41) is 0. The maximum atomic E-state index is 13.0. The van der Waals surface area contributed by atoms with E-state index in [1.54, 1.807) is 17.0 Å². The number of fused-ring (bicyclic) bond motifs is 1. The van der Waals surface area contributed by atoms with Gasteiger partial charge >= 0.3 is 0 Å². The fourth-order valence-corrected chi connectivity index (χ4v) is 5.40. The van der Waals surface area contributed by atoms with Crippen molar-refractivity contribution in [3.05, 3.63) is 65.2 Å². The van der Waals surface area contributed by atoms with Gasteiger partial charge in [0.2, 0.25) is 10.0 Å². The number of amides is 1. The molecule has 2 aromatic carbocycles. The first-order chi connectivity index (χ1) is 13.5. The lowest BCUT2D eigenvalue weighted by atomic mass is 10.1. The Kier molecular flexibility index (Phi) is 5.23. The van der Waals surface area contributed by atoms with Crippen LogP contribution in [-0.2, 0) is 21.2 Å². The van der Waals surface area contributed by atoms with Crippen LogP contribution in [0.25, 0.3) is 0 Å². The van der Waals surface area contributed by atoms with Gasteiger partial charge in [-0.25, -0.2) is 8.42 Å². The van der Waals surface area contributed by atoms with Gasteiger partial charge in [0.25, 0.3) is 5.91 Å². The number of morpholine rings is 1. The Morgan fingerprint density at radius 3 is 2.46 bits per heavy atom. The molecule has 0 bridgehead atoms. The minimum Gasteiger partial charge on any atom is -0.379 e. The van der Waals surface area contributed by atoms with Crippen molar-refractivity contribution in [1.29, 1.82) is 0 Å². The van der Waals surface area contributed by atoms with Gasteiger partial charge in [0.05, 0.1) is 24.2 Å². The molecule has 0 spiro atoms. The molecule has 0 aromatic heterocycles. The molecule has 1 amide bonds. The lowest BCUT2D eigenvalue weighted by Gasteiger charge is -2.27. The SMILES string of the molecule is CN(C(=O)c1ccc(S(=O)(=O)N2CCOCC2)cc1)[C@H]1CCc2ccccc21. The molecule has 0 N–H and O–H groups in total. The van der Waals surface area contributed by atoms with Gasteiger partial charge in [-0.15, -0.1) is 0 Å². The highest BCUT2D eigenvalue weighted by Gasteiger charge is 2.30. The van der Waals surface area contributed by atoms with Crippen molar-refractivity contribution in [3.63, 3.8) is 0 Å². The van der Waals surface area contributed by atoms with E-state index in [1.165, 1.54) is 27.6 Å². The van der Waals surface area contributed by atoms with Crippen LogP contribution < -0.4 is 0 Å². The number of aryl methyl sites for hydroxylation is 1. The Bertz CT molecular complexity index is 966. The van der Waals surface area contributed by atoms with E-state index in [2.05, 4.69) is 12.1 Å². The standard InChI is InChI=1S/C21H24N2O4S/c1-22(20-11-8-16-4-2-3-5-19(16)20)21(24)17-6-9-18(10-7-17)28(25,26)23-12-14-27-15-13-23/h2-7,9-10,20H,8,11-15H2,1H3/t20-/m0/s1. The van der Waals surface area contributed by atoms with E-state index in [0.717, 1.165) is 12.8 Å². The molecule has 1 heterocycles. The molecule has 1 aliphatic heterocycles. The molecule has 0 unspecified atom stereocenters. The molecule has 2 aliphatic rings. The van der Waals surface area contributed by atoms with E-state index < -0.39 is 10.0 Å². The summed E-state index contributed by atoms with van der Waals surface area (Å²) in [4.78, 5) is 14.9. The maximum Gasteiger partial charge on any atom is 0.254 e. The Hall–Kier alpha value is -2.22. The summed E-state index contributed by atoms with van der Waals surface area (Å²) in [6, 6.07) is 14.5. The topological polar surface area (TPSA) is 66.9 Å². The molecule has 0 saturated carbocycles.